The van der Waals surface area contributed by atoms with E-state index in [9.17, 15) is 14.4 Å². The van der Waals surface area contributed by atoms with Gasteiger partial charge in [-0.25, -0.2) is 0 Å². The summed E-state index contributed by atoms with van der Waals surface area (Å²) in [5.74, 6) is -1.99. The van der Waals surface area contributed by atoms with Gasteiger partial charge in [0.2, 0.25) is 0 Å². The summed E-state index contributed by atoms with van der Waals surface area (Å²) in [5.41, 5.74) is 0.499. The summed E-state index contributed by atoms with van der Waals surface area (Å²) in [7, 11) is 0. The molecule has 0 atom stereocenters. The zero-order valence-corrected chi connectivity index (χ0v) is 10.4. The van der Waals surface area contributed by atoms with Crippen LogP contribution in [0.1, 0.15) is 17.3 Å². The van der Waals surface area contributed by atoms with Crippen LogP contribution in [0, 0.1) is 0 Å². The van der Waals surface area contributed by atoms with Gasteiger partial charge in [0, 0.05) is 0 Å². The smallest absolute Gasteiger partial charge is 0.326 e. The second-order valence-electron chi connectivity index (χ2n) is 3.66. The average Bonchev–Trinajstić information content (AvgIpc) is 2.56. The molecule has 1 aliphatic rings. The van der Waals surface area contributed by atoms with Gasteiger partial charge in [0.15, 0.2) is 0 Å². The summed E-state index contributed by atoms with van der Waals surface area (Å²) < 4.78 is 4.76. The van der Waals surface area contributed by atoms with Crippen molar-refractivity contribution in [3.05, 3.63) is 28.8 Å². The van der Waals surface area contributed by atoms with Gasteiger partial charge in [-0.3, -0.25) is 19.3 Å². The molecule has 0 aliphatic carbocycles. The summed E-state index contributed by atoms with van der Waals surface area (Å²) in [6.07, 6.45) is 0. The predicted octanol–water partition coefficient (Wildman–Crippen LogP) is 1.43. The minimum absolute atomic E-state index is 0.212. The van der Waals surface area contributed by atoms with Crippen molar-refractivity contribution in [3.8, 4) is 0 Å². The third-order valence-electron chi connectivity index (χ3n) is 2.53. The molecule has 0 spiro atoms. The van der Waals surface area contributed by atoms with Crippen molar-refractivity contribution in [2.45, 2.75) is 6.92 Å². The van der Waals surface area contributed by atoms with Crippen molar-refractivity contribution in [2.24, 2.45) is 0 Å². The van der Waals surface area contributed by atoms with Crippen LogP contribution >= 0.6 is 11.6 Å². The van der Waals surface area contributed by atoms with E-state index < -0.39 is 17.7 Å². The Balaban J connectivity index is 2.36. The second-order valence-corrected chi connectivity index (χ2v) is 4.07. The number of benzene rings is 1. The van der Waals surface area contributed by atoms with Crippen molar-refractivity contribution in [1.82, 2.24) is 0 Å². The number of esters is 1. The van der Waals surface area contributed by atoms with Gasteiger partial charge in [-0.15, -0.1) is 0 Å². The predicted molar refractivity (Wildman–Crippen MR) is 64.8 cm³/mol. The normalized spacial score (nSPS) is 13.8. The molecule has 1 heterocycles. The highest BCUT2D eigenvalue weighted by molar-refractivity contribution is 6.54. The van der Waals surface area contributed by atoms with Gasteiger partial charge in [-0.2, -0.15) is 0 Å². The molecule has 0 unspecified atom stereocenters. The van der Waals surface area contributed by atoms with Crippen LogP contribution < -0.4 is 4.90 Å². The number of rotatable bonds is 3. The number of fused-ring (bicyclic) bond motifs is 1. The molecule has 94 valence electrons. The Labute approximate surface area is 108 Å². The molecule has 0 saturated heterocycles. The number of Topliss-reactive ketones (excluding diaryl/α,β-unsaturated/α-hetero) is 1. The van der Waals surface area contributed by atoms with Crippen LogP contribution in [-0.2, 0) is 14.3 Å². The van der Waals surface area contributed by atoms with E-state index in [0.29, 0.717) is 0 Å². The van der Waals surface area contributed by atoms with Gasteiger partial charge in [0.1, 0.15) is 6.54 Å². The van der Waals surface area contributed by atoms with Crippen molar-refractivity contribution in [3.63, 3.8) is 0 Å². The van der Waals surface area contributed by atoms with E-state index >= 15 is 0 Å². The minimum atomic E-state index is -0.758. The van der Waals surface area contributed by atoms with Gasteiger partial charge in [0.25, 0.3) is 11.7 Å². The van der Waals surface area contributed by atoms with Gasteiger partial charge < -0.3 is 4.74 Å². The molecular formula is C12H10ClNO4. The number of amides is 1. The standard InChI is InChI=1S/C12H10ClNO4/c1-2-18-9(15)6-14-10-7(11(16)12(14)17)4-3-5-8(10)13/h3-5H,2,6H2,1H3. The molecule has 0 saturated carbocycles. The molecule has 1 aromatic rings. The van der Waals surface area contributed by atoms with Crippen LogP contribution in [-0.4, -0.2) is 30.8 Å². The van der Waals surface area contributed by atoms with Gasteiger partial charge in [0.05, 0.1) is 22.9 Å². The van der Waals surface area contributed by atoms with E-state index in [1.165, 1.54) is 6.07 Å². The van der Waals surface area contributed by atoms with Gasteiger partial charge in [-0.05, 0) is 19.1 Å². The summed E-state index contributed by atoms with van der Waals surface area (Å²) >= 11 is 5.96. The van der Waals surface area contributed by atoms with E-state index in [-0.39, 0.29) is 29.4 Å². The molecular weight excluding hydrogens is 258 g/mol. The summed E-state index contributed by atoms with van der Waals surface area (Å²) in [4.78, 5) is 35.9. The second kappa shape index (κ2) is 4.78. The Morgan fingerprint density at radius 1 is 1.39 bits per heavy atom. The summed E-state index contributed by atoms with van der Waals surface area (Å²) in [6, 6.07) is 4.65. The Bertz CT molecular complexity index is 541. The molecule has 1 aromatic carbocycles. The molecule has 0 N–H and O–H groups in total. The van der Waals surface area contributed by atoms with Crippen LogP contribution in [0.25, 0.3) is 0 Å². The first-order valence-corrected chi connectivity index (χ1v) is 5.74. The average molecular weight is 268 g/mol. The molecule has 0 radical (unpaired) electrons. The quantitative estimate of drug-likeness (QED) is 0.614. The van der Waals surface area contributed by atoms with Crippen LogP contribution in [0.4, 0.5) is 5.69 Å². The lowest BCUT2D eigenvalue weighted by molar-refractivity contribution is -0.142. The fourth-order valence-electron chi connectivity index (χ4n) is 1.80. The SMILES string of the molecule is CCOC(=O)CN1C(=O)C(=O)c2cccc(Cl)c21. The Hall–Kier alpha value is -1.88. The number of nitrogens with zero attached hydrogens (tertiary/aromatic N) is 1. The molecule has 6 heteroatoms. The lowest BCUT2D eigenvalue weighted by Gasteiger charge is -2.16. The fourth-order valence-corrected chi connectivity index (χ4v) is 2.08. The molecule has 0 fully saturated rings. The third kappa shape index (κ3) is 1.97. The number of para-hydroxylation sites is 1. The maximum absolute atomic E-state index is 11.8. The number of carbonyl (C=O) groups is 3. The number of ketones is 1. The van der Waals surface area contributed by atoms with Crippen molar-refractivity contribution < 1.29 is 19.1 Å². The van der Waals surface area contributed by atoms with Gasteiger partial charge in [-0.1, -0.05) is 17.7 Å². The first kappa shape index (κ1) is 12.6. The lowest BCUT2D eigenvalue weighted by Crippen LogP contribution is -2.35. The Kier molecular flexibility index (Phi) is 3.34. The van der Waals surface area contributed by atoms with Crippen molar-refractivity contribution in [1.29, 1.82) is 0 Å². The van der Waals surface area contributed by atoms with Crippen LogP contribution in [0.2, 0.25) is 5.02 Å². The number of hydrogen-bond acceptors (Lipinski definition) is 4. The first-order valence-electron chi connectivity index (χ1n) is 5.36. The minimum Gasteiger partial charge on any atom is -0.465 e. The largest absolute Gasteiger partial charge is 0.465 e. The maximum atomic E-state index is 11.8. The molecule has 0 aromatic heterocycles. The van der Waals surface area contributed by atoms with E-state index in [0.717, 1.165) is 4.90 Å². The first-order chi connectivity index (χ1) is 8.56. The fraction of sp³-hybridized carbons (Fsp3) is 0.250. The zero-order chi connectivity index (χ0) is 13.3. The topological polar surface area (TPSA) is 63.7 Å². The van der Waals surface area contributed by atoms with E-state index in [4.69, 9.17) is 16.3 Å². The number of hydrogen-bond donors (Lipinski definition) is 0. The number of carbonyl (C=O) groups excluding carboxylic acids is 3. The van der Waals surface area contributed by atoms with Gasteiger partial charge >= 0.3 is 5.97 Å². The van der Waals surface area contributed by atoms with E-state index in [1.54, 1.807) is 19.1 Å². The van der Waals surface area contributed by atoms with E-state index in [2.05, 4.69) is 0 Å². The summed E-state index contributed by atoms with van der Waals surface area (Å²) in [5, 5.41) is 0.260. The zero-order valence-electron chi connectivity index (χ0n) is 9.60. The molecule has 18 heavy (non-hydrogen) atoms. The number of ether oxygens (including phenoxy) is 1. The maximum Gasteiger partial charge on any atom is 0.326 e. The van der Waals surface area contributed by atoms with Crippen LogP contribution in [0.3, 0.4) is 0 Å². The van der Waals surface area contributed by atoms with Crippen molar-refractivity contribution in [2.75, 3.05) is 18.1 Å². The van der Waals surface area contributed by atoms with Crippen molar-refractivity contribution >= 4 is 34.9 Å². The molecule has 1 amide bonds. The van der Waals surface area contributed by atoms with Crippen LogP contribution in [0.15, 0.2) is 18.2 Å². The number of anilines is 1. The van der Waals surface area contributed by atoms with E-state index in [1.807, 2.05) is 0 Å². The van der Waals surface area contributed by atoms with Crippen LogP contribution in [0.5, 0.6) is 0 Å². The highest BCUT2D eigenvalue weighted by Gasteiger charge is 2.38. The third-order valence-corrected chi connectivity index (χ3v) is 2.84. The summed E-state index contributed by atoms with van der Waals surface area (Å²) in [6.45, 7) is 1.56. The molecule has 2 rings (SSSR count). The monoisotopic (exact) mass is 267 g/mol. The molecule has 1 aliphatic heterocycles. The lowest BCUT2D eigenvalue weighted by atomic mass is 10.1. The Morgan fingerprint density at radius 3 is 2.78 bits per heavy atom. The Morgan fingerprint density at radius 2 is 2.11 bits per heavy atom. The molecule has 5 nitrogen and oxygen atoms in total. The highest BCUT2D eigenvalue weighted by Crippen LogP contribution is 2.35. The molecule has 0 bridgehead atoms. The highest BCUT2D eigenvalue weighted by atomic mass is 35.5. The number of halogens is 1.